The highest BCUT2D eigenvalue weighted by atomic mass is 16.5. The van der Waals surface area contributed by atoms with Crippen molar-refractivity contribution >= 4 is 17.1 Å². The first-order chi connectivity index (χ1) is 12.2. The average molecular weight is 335 g/mol. The second kappa shape index (κ2) is 5.88. The minimum atomic E-state index is -0.260. The summed E-state index contributed by atoms with van der Waals surface area (Å²) in [7, 11) is 1.58. The molecular weight excluding hydrogens is 318 g/mol. The Morgan fingerprint density at radius 3 is 2.56 bits per heavy atom. The van der Waals surface area contributed by atoms with Gasteiger partial charge >= 0.3 is 5.69 Å². The van der Waals surface area contributed by atoms with Crippen molar-refractivity contribution in [1.82, 2.24) is 9.55 Å². The molecule has 7 heteroatoms. The molecule has 0 aliphatic carbocycles. The predicted molar refractivity (Wildman–Crippen MR) is 97.6 cm³/mol. The molecule has 0 unspecified atom stereocenters. The Kier molecular flexibility index (Phi) is 3.55. The molecule has 25 heavy (non-hydrogen) atoms. The van der Waals surface area contributed by atoms with Gasteiger partial charge in [-0.05, 0) is 24.3 Å². The third-order valence-corrected chi connectivity index (χ3v) is 4.07. The normalized spacial score (nSPS) is 13.0. The number of para-hydroxylation sites is 4. The van der Waals surface area contributed by atoms with E-state index in [-0.39, 0.29) is 5.69 Å². The lowest BCUT2D eigenvalue weighted by atomic mass is 10.2. The minimum absolute atomic E-state index is 0.260. The van der Waals surface area contributed by atoms with Crippen molar-refractivity contribution in [2.24, 2.45) is 5.84 Å². The van der Waals surface area contributed by atoms with E-state index in [1.165, 1.54) is 9.58 Å². The summed E-state index contributed by atoms with van der Waals surface area (Å²) in [4.78, 5) is 15.3. The van der Waals surface area contributed by atoms with Crippen LogP contribution in [0.1, 0.15) is 5.69 Å². The molecule has 126 valence electrons. The van der Waals surface area contributed by atoms with Crippen LogP contribution in [0.15, 0.2) is 65.7 Å². The molecule has 0 bridgehead atoms. The van der Waals surface area contributed by atoms with E-state index >= 15 is 0 Å². The van der Waals surface area contributed by atoms with Gasteiger partial charge in [0.25, 0.3) is 0 Å². The maximum atomic E-state index is 12.4. The number of anilines is 2. The lowest BCUT2D eigenvalue weighted by molar-refractivity contribution is 0.412. The van der Waals surface area contributed by atoms with Crippen molar-refractivity contribution in [1.29, 1.82) is 0 Å². The monoisotopic (exact) mass is 335 g/mol. The minimum Gasteiger partial charge on any atom is -0.495 e. The van der Waals surface area contributed by atoms with Crippen LogP contribution < -0.4 is 26.6 Å². The third kappa shape index (κ3) is 2.56. The molecule has 7 nitrogen and oxygen atoms in total. The number of ether oxygens (including phenoxy) is 1. The van der Waals surface area contributed by atoms with Gasteiger partial charge in [0.05, 0.1) is 35.6 Å². The van der Waals surface area contributed by atoms with Crippen molar-refractivity contribution in [3.63, 3.8) is 0 Å². The number of benzene rings is 2. The molecule has 4 N–H and O–H groups in total. The van der Waals surface area contributed by atoms with E-state index in [0.29, 0.717) is 22.8 Å². The van der Waals surface area contributed by atoms with Gasteiger partial charge in [0.1, 0.15) is 5.75 Å². The smallest absolute Gasteiger partial charge is 0.330 e. The zero-order valence-electron chi connectivity index (χ0n) is 13.6. The summed E-state index contributed by atoms with van der Waals surface area (Å²) < 4.78 is 6.85. The number of fused-ring (bicyclic) bond motifs is 1. The van der Waals surface area contributed by atoms with Gasteiger partial charge in [-0.15, -0.1) is 0 Å². The van der Waals surface area contributed by atoms with E-state index in [1.807, 2.05) is 48.5 Å². The van der Waals surface area contributed by atoms with Crippen LogP contribution in [0.3, 0.4) is 0 Å². The van der Waals surface area contributed by atoms with Gasteiger partial charge in [-0.25, -0.2) is 10.6 Å². The molecule has 2 heterocycles. The lowest BCUT2D eigenvalue weighted by Crippen LogP contribution is -2.29. The third-order valence-electron chi connectivity index (χ3n) is 4.07. The number of aromatic nitrogens is 2. The first-order valence-electron chi connectivity index (χ1n) is 7.74. The van der Waals surface area contributed by atoms with E-state index in [1.54, 1.807) is 19.5 Å². The molecule has 0 saturated heterocycles. The van der Waals surface area contributed by atoms with Crippen molar-refractivity contribution in [3.8, 4) is 11.4 Å². The van der Waals surface area contributed by atoms with Crippen molar-refractivity contribution in [3.05, 3.63) is 77.1 Å². The molecular formula is C18H17N5O2. The maximum Gasteiger partial charge on any atom is 0.330 e. The van der Waals surface area contributed by atoms with E-state index in [4.69, 9.17) is 10.6 Å². The maximum absolute atomic E-state index is 12.4. The first kappa shape index (κ1) is 15.1. The molecule has 0 spiro atoms. The second-order valence-electron chi connectivity index (χ2n) is 5.61. The molecule has 1 aliphatic heterocycles. The zero-order valence-corrected chi connectivity index (χ0v) is 13.6. The summed E-state index contributed by atoms with van der Waals surface area (Å²) in [5.41, 5.74) is 3.46. The first-order valence-corrected chi connectivity index (χ1v) is 7.74. The van der Waals surface area contributed by atoms with Crippen molar-refractivity contribution in [2.45, 2.75) is 0 Å². The number of imidazole rings is 1. The van der Waals surface area contributed by atoms with Gasteiger partial charge in [0, 0.05) is 12.4 Å². The topological polar surface area (TPSA) is 88.3 Å². The fraction of sp³-hybridized carbons (Fsp3) is 0.0556. The Balaban J connectivity index is 1.76. The van der Waals surface area contributed by atoms with Gasteiger partial charge in [0.15, 0.2) is 0 Å². The number of aromatic amines is 1. The molecule has 0 fully saturated rings. The second-order valence-corrected chi connectivity index (χ2v) is 5.61. The van der Waals surface area contributed by atoms with Crippen LogP contribution in [0.5, 0.6) is 5.75 Å². The SMILES string of the molecule is COc1ccccc1-n1cc(C2=CN(N)c3ccccc3N2)[nH]c1=O. The van der Waals surface area contributed by atoms with Crippen LogP contribution in [-0.2, 0) is 0 Å². The van der Waals surface area contributed by atoms with Crippen LogP contribution in [0.25, 0.3) is 11.4 Å². The lowest BCUT2D eigenvalue weighted by Gasteiger charge is -2.25. The molecule has 0 amide bonds. The number of nitrogens with one attached hydrogen (secondary N) is 2. The number of hydrogen-bond acceptors (Lipinski definition) is 5. The van der Waals surface area contributed by atoms with Crippen molar-refractivity contribution in [2.75, 3.05) is 17.4 Å². The van der Waals surface area contributed by atoms with Crippen LogP contribution >= 0.6 is 0 Å². The van der Waals surface area contributed by atoms with Gasteiger partial charge < -0.3 is 15.0 Å². The summed E-state index contributed by atoms with van der Waals surface area (Å²) in [5.74, 6) is 6.69. The summed E-state index contributed by atoms with van der Waals surface area (Å²) in [6, 6.07) is 15.0. The van der Waals surface area contributed by atoms with Crippen molar-refractivity contribution < 1.29 is 4.74 Å². The Hall–Kier alpha value is -3.45. The number of rotatable bonds is 3. The van der Waals surface area contributed by atoms with E-state index in [2.05, 4.69) is 10.3 Å². The highest BCUT2D eigenvalue weighted by Crippen LogP contribution is 2.32. The predicted octanol–water partition coefficient (Wildman–Crippen LogP) is 2.28. The largest absolute Gasteiger partial charge is 0.495 e. The standard InChI is InChI=1S/C18H17N5O2/c1-25-17-9-5-4-8-16(17)22-10-13(21-18(22)24)14-11-23(19)15-7-3-2-6-12(15)20-14/h2-11,20H,19H2,1H3,(H,21,24). The number of methoxy groups -OCH3 is 1. The molecule has 3 aromatic rings. The Morgan fingerprint density at radius 2 is 1.76 bits per heavy atom. The van der Waals surface area contributed by atoms with Gasteiger partial charge in [0.2, 0.25) is 0 Å². The van der Waals surface area contributed by atoms with Crippen LogP contribution in [0, 0.1) is 0 Å². The summed E-state index contributed by atoms with van der Waals surface area (Å²) in [6.07, 6.45) is 3.46. The fourth-order valence-corrected chi connectivity index (χ4v) is 2.87. The molecule has 1 aromatic heterocycles. The highest BCUT2D eigenvalue weighted by Gasteiger charge is 2.18. The Morgan fingerprint density at radius 1 is 1.04 bits per heavy atom. The summed E-state index contributed by atoms with van der Waals surface area (Å²) >= 11 is 0. The average Bonchev–Trinajstić information content (AvgIpc) is 3.03. The van der Waals surface area contributed by atoms with Crippen LogP contribution in [-0.4, -0.2) is 16.7 Å². The Labute approximate surface area is 143 Å². The molecule has 4 rings (SSSR count). The number of hydrazine groups is 1. The number of hydrogen-bond donors (Lipinski definition) is 3. The summed E-state index contributed by atoms with van der Waals surface area (Å²) in [5, 5.41) is 4.82. The van der Waals surface area contributed by atoms with E-state index in [9.17, 15) is 4.79 Å². The summed E-state index contributed by atoms with van der Waals surface area (Å²) in [6.45, 7) is 0. The van der Waals surface area contributed by atoms with Gasteiger partial charge in [-0.1, -0.05) is 24.3 Å². The molecule has 0 saturated carbocycles. The van der Waals surface area contributed by atoms with E-state index < -0.39 is 0 Å². The fourth-order valence-electron chi connectivity index (χ4n) is 2.87. The Bertz CT molecular complexity index is 1020. The van der Waals surface area contributed by atoms with Gasteiger partial charge in [-0.2, -0.15) is 0 Å². The number of H-pyrrole nitrogens is 1. The molecule has 0 atom stereocenters. The molecule has 1 aliphatic rings. The quantitative estimate of drug-likeness (QED) is 0.639. The highest BCUT2D eigenvalue weighted by molar-refractivity contribution is 5.87. The van der Waals surface area contributed by atoms with Crippen LogP contribution in [0.2, 0.25) is 0 Å². The molecule has 0 radical (unpaired) electrons. The number of nitrogens with zero attached hydrogens (tertiary/aromatic N) is 2. The molecule has 2 aromatic carbocycles. The van der Waals surface area contributed by atoms with E-state index in [0.717, 1.165) is 11.4 Å². The van der Waals surface area contributed by atoms with Crippen LogP contribution in [0.4, 0.5) is 11.4 Å². The number of nitrogens with two attached hydrogens (primary N) is 1. The zero-order chi connectivity index (χ0) is 17.4. The van der Waals surface area contributed by atoms with Gasteiger partial charge in [-0.3, -0.25) is 9.58 Å².